The lowest BCUT2D eigenvalue weighted by molar-refractivity contribution is 0.0600. The molecule has 0 bridgehead atoms. The summed E-state index contributed by atoms with van der Waals surface area (Å²) in [6.07, 6.45) is 1.48. The minimum Gasteiger partial charge on any atom is -0.465 e. The molecule has 0 saturated heterocycles. The average Bonchev–Trinajstić information content (AvgIpc) is 2.50. The van der Waals surface area contributed by atoms with Gasteiger partial charge in [0.2, 0.25) is 0 Å². The van der Waals surface area contributed by atoms with Gasteiger partial charge in [0.15, 0.2) is 0 Å². The number of carbonyl (C=O) groups is 2. The van der Waals surface area contributed by atoms with Gasteiger partial charge in [-0.3, -0.25) is 4.79 Å². The van der Waals surface area contributed by atoms with Crippen molar-refractivity contribution in [2.45, 2.75) is 0 Å². The van der Waals surface area contributed by atoms with E-state index in [2.05, 4.69) is 31.0 Å². The normalized spacial score (nSPS) is 10.2. The summed E-state index contributed by atoms with van der Waals surface area (Å²) in [5.74, 6) is -1.06. The van der Waals surface area contributed by atoms with Gasteiger partial charge < -0.3 is 10.1 Å². The Morgan fingerprint density at radius 3 is 2.64 bits per heavy atom. The maximum Gasteiger partial charge on any atom is 0.339 e. The number of esters is 1. The maximum atomic E-state index is 12.2. The van der Waals surface area contributed by atoms with Crippen LogP contribution in [0, 0.1) is 0 Å². The third-order valence-electron chi connectivity index (χ3n) is 2.68. The van der Waals surface area contributed by atoms with Crippen LogP contribution in [0.5, 0.6) is 0 Å². The number of carbonyl (C=O) groups excluding carboxylic acids is 2. The van der Waals surface area contributed by atoms with Crippen LogP contribution in [-0.2, 0) is 4.74 Å². The molecule has 114 valence electrons. The van der Waals surface area contributed by atoms with Crippen LogP contribution in [0.4, 0.5) is 5.69 Å². The van der Waals surface area contributed by atoms with Gasteiger partial charge in [-0.25, -0.2) is 9.78 Å². The number of hydrogen-bond acceptors (Lipinski definition) is 4. The van der Waals surface area contributed by atoms with Crippen molar-refractivity contribution in [3.8, 4) is 0 Å². The molecule has 0 saturated carbocycles. The number of ether oxygens (including phenoxy) is 1. The Morgan fingerprint density at radius 2 is 1.95 bits per heavy atom. The van der Waals surface area contributed by atoms with Gasteiger partial charge in [-0.05, 0) is 40.2 Å². The summed E-state index contributed by atoms with van der Waals surface area (Å²) in [5.41, 5.74) is 0.733. The molecular formula is C14H9BrCl2N2O3. The molecule has 1 aromatic heterocycles. The molecule has 0 aliphatic carbocycles. The molecule has 0 radical (unpaired) electrons. The first kappa shape index (κ1) is 16.7. The minimum atomic E-state index is -0.594. The predicted molar refractivity (Wildman–Crippen MR) is 87.7 cm³/mol. The molecule has 1 N–H and O–H groups in total. The minimum absolute atomic E-state index is 0.0721. The first-order valence-electron chi connectivity index (χ1n) is 5.92. The van der Waals surface area contributed by atoms with Gasteiger partial charge in [-0.2, -0.15) is 0 Å². The van der Waals surface area contributed by atoms with E-state index in [1.165, 1.54) is 25.4 Å². The van der Waals surface area contributed by atoms with Gasteiger partial charge in [0.25, 0.3) is 5.91 Å². The molecule has 0 spiro atoms. The number of nitrogens with zero attached hydrogens (tertiary/aromatic N) is 1. The van der Waals surface area contributed by atoms with E-state index in [1.807, 2.05) is 0 Å². The number of pyridine rings is 1. The topological polar surface area (TPSA) is 68.3 Å². The van der Waals surface area contributed by atoms with E-state index in [0.29, 0.717) is 10.2 Å². The summed E-state index contributed by atoms with van der Waals surface area (Å²) in [7, 11) is 1.25. The summed E-state index contributed by atoms with van der Waals surface area (Å²) in [5, 5.41) is 2.92. The quantitative estimate of drug-likeness (QED) is 0.616. The molecule has 5 nitrogen and oxygen atoms in total. The van der Waals surface area contributed by atoms with E-state index in [-0.39, 0.29) is 21.3 Å². The zero-order valence-corrected chi connectivity index (χ0v) is 14.3. The van der Waals surface area contributed by atoms with Gasteiger partial charge in [0, 0.05) is 16.4 Å². The number of benzene rings is 1. The van der Waals surface area contributed by atoms with E-state index >= 15 is 0 Å². The average molecular weight is 404 g/mol. The Bertz CT molecular complexity index is 753. The van der Waals surface area contributed by atoms with Crippen molar-refractivity contribution >= 4 is 56.7 Å². The predicted octanol–water partition coefficient (Wildman–Crippen LogP) is 4.19. The van der Waals surface area contributed by atoms with Crippen LogP contribution in [-0.4, -0.2) is 24.0 Å². The van der Waals surface area contributed by atoms with E-state index in [1.54, 1.807) is 12.1 Å². The van der Waals surface area contributed by atoms with Gasteiger partial charge >= 0.3 is 5.97 Å². The SMILES string of the molecule is COC(=O)c1cc(NC(=O)c2cc(Br)cnc2Cl)ccc1Cl. The molecule has 1 heterocycles. The van der Waals surface area contributed by atoms with Crippen molar-refractivity contribution in [3.05, 3.63) is 56.2 Å². The second-order valence-electron chi connectivity index (χ2n) is 4.13. The lowest BCUT2D eigenvalue weighted by Gasteiger charge is -2.09. The highest BCUT2D eigenvalue weighted by Crippen LogP contribution is 2.23. The first-order chi connectivity index (χ1) is 10.4. The fourth-order valence-electron chi connectivity index (χ4n) is 1.65. The fourth-order valence-corrected chi connectivity index (χ4v) is 2.36. The van der Waals surface area contributed by atoms with Crippen molar-refractivity contribution in [2.24, 2.45) is 0 Å². The zero-order chi connectivity index (χ0) is 16.3. The van der Waals surface area contributed by atoms with Crippen molar-refractivity contribution in [3.63, 3.8) is 0 Å². The van der Waals surface area contributed by atoms with E-state index < -0.39 is 11.9 Å². The number of amides is 1. The Kier molecular flexibility index (Phi) is 5.39. The molecule has 8 heteroatoms. The van der Waals surface area contributed by atoms with Crippen LogP contribution >= 0.6 is 39.1 Å². The molecule has 22 heavy (non-hydrogen) atoms. The summed E-state index contributed by atoms with van der Waals surface area (Å²) in [4.78, 5) is 27.7. The number of rotatable bonds is 3. The summed E-state index contributed by atoms with van der Waals surface area (Å²) in [6.45, 7) is 0. The second kappa shape index (κ2) is 7.09. The Labute approximate surface area is 144 Å². The largest absolute Gasteiger partial charge is 0.465 e. The highest BCUT2D eigenvalue weighted by atomic mass is 79.9. The van der Waals surface area contributed by atoms with Gasteiger partial charge in [-0.15, -0.1) is 0 Å². The zero-order valence-electron chi connectivity index (χ0n) is 11.2. The summed E-state index contributed by atoms with van der Waals surface area (Å²) in [6, 6.07) is 6.02. The Morgan fingerprint density at radius 1 is 1.23 bits per heavy atom. The van der Waals surface area contributed by atoms with Crippen molar-refractivity contribution in [2.75, 3.05) is 12.4 Å². The molecule has 0 unspecified atom stereocenters. The lowest BCUT2D eigenvalue weighted by Crippen LogP contribution is -2.14. The number of hydrogen-bond donors (Lipinski definition) is 1. The fraction of sp³-hybridized carbons (Fsp3) is 0.0714. The first-order valence-corrected chi connectivity index (χ1v) is 7.47. The van der Waals surface area contributed by atoms with E-state index in [9.17, 15) is 9.59 Å². The third-order valence-corrected chi connectivity index (χ3v) is 3.74. The highest BCUT2D eigenvalue weighted by molar-refractivity contribution is 9.10. The van der Waals surface area contributed by atoms with Crippen LogP contribution in [0.1, 0.15) is 20.7 Å². The van der Waals surface area contributed by atoms with Gasteiger partial charge in [0.05, 0.1) is 23.3 Å². The van der Waals surface area contributed by atoms with Crippen molar-refractivity contribution < 1.29 is 14.3 Å². The number of methoxy groups -OCH3 is 1. The number of anilines is 1. The molecular weight excluding hydrogens is 395 g/mol. The number of nitrogens with one attached hydrogen (secondary N) is 1. The lowest BCUT2D eigenvalue weighted by atomic mass is 10.2. The molecule has 2 rings (SSSR count). The van der Waals surface area contributed by atoms with E-state index in [4.69, 9.17) is 23.2 Å². The van der Waals surface area contributed by atoms with Crippen LogP contribution in [0.2, 0.25) is 10.2 Å². The maximum absolute atomic E-state index is 12.2. The summed E-state index contributed by atoms with van der Waals surface area (Å²) >= 11 is 15.0. The molecule has 1 aromatic carbocycles. The second-order valence-corrected chi connectivity index (χ2v) is 5.81. The van der Waals surface area contributed by atoms with Crippen LogP contribution < -0.4 is 5.32 Å². The van der Waals surface area contributed by atoms with Crippen molar-refractivity contribution in [1.82, 2.24) is 4.98 Å². The smallest absolute Gasteiger partial charge is 0.339 e. The summed E-state index contributed by atoms with van der Waals surface area (Å²) < 4.78 is 5.24. The van der Waals surface area contributed by atoms with Gasteiger partial charge in [0.1, 0.15) is 5.15 Å². The molecule has 0 atom stereocenters. The Hall–Kier alpha value is -1.63. The Balaban J connectivity index is 2.29. The molecule has 2 aromatic rings. The van der Waals surface area contributed by atoms with E-state index in [0.717, 1.165) is 0 Å². The number of halogens is 3. The third kappa shape index (κ3) is 3.76. The van der Waals surface area contributed by atoms with Crippen molar-refractivity contribution in [1.29, 1.82) is 0 Å². The monoisotopic (exact) mass is 402 g/mol. The highest BCUT2D eigenvalue weighted by Gasteiger charge is 2.15. The van der Waals surface area contributed by atoms with Crippen LogP contribution in [0.25, 0.3) is 0 Å². The molecule has 1 amide bonds. The molecule has 0 aliphatic rings. The standard InChI is InChI=1S/C14H9BrCl2N2O3/c1-22-14(21)9-5-8(2-3-11(9)16)19-13(20)10-4-7(15)6-18-12(10)17/h2-6H,1H3,(H,19,20). The van der Waals surface area contributed by atoms with Gasteiger partial charge in [-0.1, -0.05) is 23.2 Å². The number of aromatic nitrogens is 1. The van der Waals surface area contributed by atoms with Crippen LogP contribution in [0.3, 0.4) is 0 Å². The molecule has 0 fully saturated rings. The van der Waals surface area contributed by atoms with Crippen LogP contribution in [0.15, 0.2) is 34.9 Å². The molecule has 0 aliphatic heterocycles.